The van der Waals surface area contributed by atoms with Crippen molar-refractivity contribution in [2.75, 3.05) is 11.5 Å². The van der Waals surface area contributed by atoms with Gasteiger partial charge in [-0.3, -0.25) is 19.3 Å². The third kappa shape index (κ3) is 7.46. The summed E-state index contributed by atoms with van der Waals surface area (Å²) < 4.78 is 117. The van der Waals surface area contributed by atoms with Gasteiger partial charge in [-0.2, -0.15) is 36.9 Å². The Hall–Kier alpha value is -1.74. The fraction of sp³-hybridized carbons (Fsp3) is 0.318. The molecule has 2 aromatic rings. The topological polar surface area (TPSA) is 81.6 Å². The minimum absolute atomic E-state index is 0.0575. The lowest BCUT2D eigenvalue weighted by Gasteiger charge is -2.26. The average molecular weight is 630 g/mol. The van der Waals surface area contributed by atoms with Crippen LogP contribution in [0.15, 0.2) is 36.4 Å². The molecule has 0 radical (unpaired) electrons. The maximum absolute atomic E-state index is 15.0. The second kappa shape index (κ2) is 11.4. The van der Waals surface area contributed by atoms with E-state index in [-0.39, 0.29) is 45.1 Å². The molecule has 3 rings (SSSR count). The molecule has 0 saturated carbocycles. The molecule has 2 aromatic carbocycles. The largest absolute Gasteiger partial charge is 0.417 e. The molecule has 2 unspecified atom stereocenters. The smallest absolute Gasteiger partial charge is 0.299 e. The van der Waals surface area contributed by atoms with Crippen molar-refractivity contribution < 1.29 is 44.6 Å². The Kier molecular flexibility index (Phi) is 9.24. The molecule has 5 nitrogen and oxygen atoms in total. The number of carbonyl (C=O) groups is 1. The normalized spacial score (nSPS) is 19.8. The van der Waals surface area contributed by atoms with Crippen LogP contribution in [0.4, 0.5) is 30.7 Å². The van der Waals surface area contributed by atoms with E-state index in [2.05, 4.69) is 5.43 Å². The number of hydrogen-bond donors (Lipinski definition) is 4. The number of hydrazine groups is 1. The quantitative estimate of drug-likeness (QED) is 0.148. The standard InChI is InChI=1S/C22H18Cl3F7N2O3S/c23-16-6-11(7-17(24)19(16)25)14(21(27,28)29)8-18(26)10-1-2-13(15(5-10)22(30,31)32)20(35)34-33-12-3-4-38(36,37)9-12/h1-2,5-8,12,14,33,36-37H,3-4,9H2,(H,34,35)/b18-8-. The molecule has 4 N–H and O–H groups in total. The summed E-state index contributed by atoms with van der Waals surface area (Å²) in [4.78, 5) is 12.4. The molecule has 1 fully saturated rings. The van der Waals surface area contributed by atoms with Gasteiger partial charge in [0, 0.05) is 17.4 Å². The molecule has 1 aliphatic heterocycles. The van der Waals surface area contributed by atoms with Gasteiger partial charge in [-0.25, -0.2) is 9.82 Å². The molecular formula is C22H18Cl3F7N2O3S. The molecule has 1 aliphatic rings. The third-order valence-corrected chi connectivity index (χ3v) is 8.55. The van der Waals surface area contributed by atoms with Gasteiger partial charge in [0.05, 0.1) is 31.9 Å². The Bertz CT molecular complexity index is 1230. The van der Waals surface area contributed by atoms with Crippen LogP contribution in [0, 0.1) is 0 Å². The number of benzene rings is 2. The number of alkyl halides is 6. The van der Waals surface area contributed by atoms with Gasteiger partial charge in [-0.1, -0.05) is 40.9 Å². The lowest BCUT2D eigenvalue weighted by molar-refractivity contribution is -0.140. The van der Waals surface area contributed by atoms with Crippen LogP contribution in [0.5, 0.6) is 0 Å². The van der Waals surface area contributed by atoms with Crippen LogP contribution in [0.3, 0.4) is 0 Å². The first-order chi connectivity index (χ1) is 17.4. The maximum atomic E-state index is 15.0. The highest BCUT2D eigenvalue weighted by molar-refractivity contribution is 8.24. The molecule has 210 valence electrons. The van der Waals surface area contributed by atoms with E-state index in [1.165, 1.54) is 0 Å². The number of nitrogens with one attached hydrogen (secondary N) is 2. The van der Waals surface area contributed by atoms with E-state index in [4.69, 9.17) is 34.8 Å². The van der Waals surface area contributed by atoms with E-state index >= 15 is 0 Å². The van der Waals surface area contributed by atoms with E-state index in [9.17, 15) is 44.6 Å². The molecule has 16 heteroatoms. The first-order valence-corrected chi connectivity index (χ1v) is 13.5. The van der Waals surface area contributed by atoms with Crippen LogP contribution in [0.1, 0.15) is 39.4 Å². The number of carbonyl (C=O) groups excluding carboxylic acids is 1. The number of rotatable bonds is 6. The molecule has 0 spiro atoms. The van der Waals surface area contributed by atoms with E-state index in [0.29, 0.717) is 6.07 Å². The second-order valence-corrected chi connectivity index (χ2v) is 11.9. The van der Waals surface area contributed by atoms with Gasteiger partial charge in [-0.15, -0.1) is 0 Å². The molecule has 38 heavy (non-hydrogen) atoms. The van der Waals surface area contributed by atoms with Crippen molar-refractivity contribution in [2.24, 2.45) is 0 Å². The van der Waals surface area contributed by atoms with Crippen LogP contribution < -0.4 is 10.9 Å². The molecule has 0 aliphatic carbocycles. The molecule has 0 bridgehead atoms. The van der Waals surface area contributed by atoms with Crippen LogP contribution >= 0.6 is 45.4 Å². The fourth-order valence-electron chi connectivity index (χ4n) is 3.67. The van der Waals surface area contributed by atoms with Crippen LogP contribution in [-0.4, -0.2) is 38.7 Å². The first kappa shape index (κ1) is 30.8. The highest BCUT2D eigenvalue weighted by Crippen LogP contribution is 2.46. The molecule has 0 aromatic heterocycles. The lowest BCUT2D eigenvalue weighted by Crippen LogP contribution is -2.45. The van der Waals surface area contributed by atoms with Gasteiger partial charge in [0.25, 0.3) is 5.91 Å². The Morgan fingerprint density at radius 2 is 1.66 bits per heavy atom. The van der Waals surface area contributed by atoms with Gasteiger partial charge in [0.15, 0.2) is 0 Å². The molecule has 1 saturated heterocycles. The van der Waals surface area contributed by atoms with E-state index < -0.39 is 68.9 Å². The summed E-state index contributed by atoms with van der Waals surface area (Å²) in [5, 5.41) is -0.923. The van der Waals surface area contributed by atoms with Crippen molar-refractivity contribution in [3.05, 3.63) is 73.7 Å². The predicted molar refractivity (Wildman–Crippen MR) is 132 cm³/mol. The van der Waals surface area contributed by atoms with E-state index in [0.717, 1.165) is 18.2 Å². The summed E-state index contributed by atoms with van der Waals surface area (Å²) in [6.07, 6.45) is -9.95. The van der Waals surface area contributed by atoms with Gasteiger partial charge < -0.3 is 0 Å². The van der Waals surface area contributed by atoms with E-state index in [1.54, 1.807) is 0 Å². The minimum atomic E-state index is -5.17. The lowest BCUT2D eigenvalue weighted by atomic mass is 9.95. The Morgan fingerprint density at radius 3 is 2.16 bits per heavy atom. The predicted octanol–water partition coefficient (Wildman–Crippen LogP) is 8.08. The van der Waals surface area contributed by atoms with Crippen LogP contribution in [0.25, 0.3) is 5.83 Å². The highest BCUT2D eigenvalue weighted by atomic mass is 35.5. The van der Waals surface area contributed by atoms with Crippen molar-refractivity contribution >= 4 is 57.1 Å². The van der Waals surface area contributed by atoms with Crippen molar-refractivity contribution in [3.8, 4) is 0 Å². The number of hydrogen-bond acceptors (Lipinski definition) is 4. The first-order valence-electron chi connectivity index (χ1n) is 10.5. The monoisotopic (exact) mass is 628 g/mol. The van der Waals surface area contributed by atoms with E-state index in [1.807, 2.05) is 5.43 Å². The Morgan fingerprint density at radius 1 is 1.05 bits per heavy atom. The van der Waals surface area contributed by atoms with Crippen LogP contribution in [-0.2, 0) is 6.18 Å². The number of halogens is 10. The average Bonchev–Trinajstić information content (AvgIpc) is 3.15. The van der Waals surface area contributed by atoms with Gasteiger partial charge in [-0.05, 0) is 42.3 Å². The number of allylic oxidation sites excluding steroid dienone is 1. The zero-order chi connectivity index (χ0) is 28.6. The zero-order valence-electron chi connectivity index (χ0n) is 18.7. The molecular weight excluding hydrogens is 612 g/mol. The van der Waals surface area contributed by atoms with Crippen molar-refractivity contribution in [2.45, 2.75) is 30.7 Å². The second-order valence-electron chi connectivity index (χ2n) is 8.35. The SMILES string of the molecule is O=C(NNC1CCS(O)(O)C1)c1ccc(/C(F)=C/C(c2cc(Cl)c(Cl)c(Cl)c2)C(F)(F)F)cc1C(F)(F)F. The highest BCUT2D eigenvalue weighted by Gasteiger charge is 2.41. The Labute approximate surface area is 228 Å². The minimum Gasteiger partial charge on any atom is -0.299 e. The maximum Gasteiger partial charge on any atom is 0.417 e. The van der Waals surface area contributed by atoms with Crippen molar-refractivity contribution in [1.29, 1.82) is 0 Å². The van der Waals surface area contributed by atoms with Crippen molar-refractivity contribution in [1.82, 2.24) is 10.9 Å². The van der Waals surface area contributed by atoms with Gasteiger partial charge in [0.1, 0.15) is 11.7 Å². The fourth-order valence-corrected chi connectivity index (χ4v) is 6.01. The molecule has 1 heterocycles. The van der Waals surface area contributed by atoms with Gasteiger partial charge in [0.2, 0.25) is 0 Å². The molecule has 2 atom stereocenters. The third-order valence-electron chi connectivity index (χ3n) is 5.53. The summed E-state index contributed by atoms with van der Waals surface area (Å²) in [6.45, 7) is 0. The summed E-state index contributed by atoms with van der Waals surface area (Å²) >= 11 is 17.3. The van der Waals surface area contributed by atoms with Crippen LogP contribution in [0.2, 0.25) is 15.1 Å². The summed E-state index contributed by atoms with van der Waals surface area (Å²) in [6, 6.07) is 2.56. The number of amides is 1. The van der Waals surface area contributed by atoms with Gasteiger partial charge >= 0.3 is 12.4 Å². The summed E-state index contributed by atoms with van der Waals surface area (Å²) in [5.41, 5.74) is 0.447. The molecule has 1 amide bonds. The Balaban J connectivity index is 1.93. The summed E-state index contributed by atoms with van der Waals surface area (Å²) in [7, 11) is -2.85. The zero-order valence-corrected chi connectivity index (χ0v) is 21.8. The van der Waals surface area contributed by atoms with Crippen molar-refractivity contribution in [3.63, 3.8) is 0 Å². The summed E-state index contributed by atoms with van der Waals surface area (Å²) in [5.74, 6) is -5.62.